The summed E-state index contributed by atoms with van der Waals surface area (Å²) in [6.07, 6.45) is 5.86. The monoisotopic (exact) mass is 410 g/mol. The first kappa shape index (κ1) is 21.1. The number of hydrogen-bond donors (Lipinski definition) is 0. The van der Waals surface area contributed by atoms with Gasteiger partial charge in [-0.2, -0.15) is 5.10 Å². The highest BCUT2D eigenvalue weighted by Gasteiger charge is 2.28. The predicted octanol–water partition coefficient (Wildman–Crippen LogP) is 3.28. The number of nitrogens with zero attached hydrogens (tertiary/aromatic N) is 4. The topological polar surface area (TPSA) is 50.6 Å². The zero-order chi connectivity index (χ0) is 20.9. The Morgan fingerprint density at radius 3 is 2.73 bits per heavy atom. The van der Waals surface area contributed by atoms with Crippen molar-refractivity contribution in [1.29, 1.82) is 0 Å². The molecule has 2 aliphatic rings. The summed E-state index contributed by atoms with van der Waals surface area (Å²) < 4.78 is 7.41. The lowest BCUT2D eigenvalue weighted by atomic mass is 10.00. The van der Waals surface area contributed by atoms with Gasteiger partial charge >= 0.3 is 0 Å². The molecule has 0 N–H and O–H groups in total. The summed E-state index contributed by atoms with van der Waals surface area (Å²) in [6.45, 7) is 10.2. The molecule has 0 radical (unpaired) electrons. The number of rotatable bonds is 7. The van der Waals surface area contributed by atoms with Crippen molar-refractivity contribution in [2.45, 2.75) is 58.7 Å². The molecule has 0 spiro atoms. The molecule has 1 fully saturated rings. The molecule has 6 nitrogen and oxygen atoms in total. The molecule has 2 aromatic rings. The summed E-state index contributed by atoms with van der Waals surface area (Å²) in [4.78, 5) is 18.1. The molecule has 1 aromatic carbocycles. The summed E-state index contributed by atoms with van der Waals surface area (Å²) in [6, 6.07) is 9.02. The molecular formula is C24H34N4O2. The zero-order valence-corrected chi connectivity index (χ0v) is 18.3. The smallest absolute Gasteiger partial charge is 0.257 e. The van der Waals surface area contributed by atoms with E-state index in [0.717, 1.165) is 82.9 Å². The van der Waals surface area contributed by atoms with E-state index >= 15 is 0 Å². The molecule has 0 atom stereocenters. The number of ether oxygens (including phenoxy) is 1. The number of benzene rings is 1. The number of aromatic nitrogens is 2. The Kier molecular flexibility index (Phi) is 6.85. The number of aryl methyl sites for hydroxylation is 2. The van der Waals surface area contributed by atoms with Gasteiger partial charge in [-0.3, -0.25) is 14.4 Å². The van der Waals surface area contributed by atoms with Crippen LogP contribution in [0.3, 0.4) is 0 Å². The van der Waals surface area contributed by atoms with Gasteiger partial charge in [-0.15, -0.1) is 0 Å². The molecule has 2 aliphatic heterocycles. The van der Waals surface area contributed by atoms with Crippen LogP contribution in [0.25, 0.3) is 0 Å². The minimum atomic E-state index is 0.128. The highest BCUT2D eigenvalue weighted by atomic mass is 16.5. The lowest BCUT2D eigenvalue weighted by molar-refractivity contribution is 0.0278. The second kappa shape index (κ2) is 9.75. The quantitative estimate of drug-likeness (QED) is 0.703. The third-order valence-corrected chi connectivity index (χ3v) is 6.48. The fourth-order valence-corrected chi connectivity index (χ4v) is 4.70. The van der Waals surface area contributed by atoms with Gasteiger partial charge in [0.25, 0.3) is 5.91 Å². The van der Waals surface area contributed by atoms with Gasteiger partial charge < -0.3 is 9.64 Å². The Morgan fingerprint density at radius 2 is 2.00 bits per heavy atom. The maximum absolute atomic E-state index is 13.5. The first-order valence-electron chi connectivity index (χ1n) is 11.4. The van der Waals surface area contributed by atoms with Crippen LogP contribution in [0.2, 0.25) is 0 Å². The highest BCUT2D eigenvalue weighted by molar-refractivity contribution is 5.95. The van der Waals surface area contributed by atoms with Crippen LogP contribution in [-0.2, 0) is 24.2 Å². The third-order valence-electron chi connectivity index (χ3n) is 6.48. The summed E-state index contributed by atoms with van der Waals surface area (Å²) in [5.41, 5.74) is 4.50. The Labute approximate surface area is 179 Å². The molecule has 4 rings (SSSR count). The number of carbonyl (C=O) groups is 1. The lowest BCUT2D eigenvalue weighted by Crippen LogP contribution is -2.45. The van der Waals surface area contributed by atoms with Gasteiger partial charge in [0.2, 0.25) is 0 Å². The van der Waals surface area contributed by atoms with E-state index in [0.29, 0.717) is 0 Å². The first-order valence-corrected chi connectivity index (χ1v) is 11.4. The van der Waals surface area contributed by atoms with Crippen LogP contribution < -0.4 is 0 Å². The molecule has 162 valence electrons. The molecule has 0 aliphatic carbocycles. The second-order valence-electron chi connectivity index (χ2n) is 8.47. The summed E-state index contributed by atoms with van der Waals surface area (Å²) in [5.74, 6) is 0.128. The van der Waals surface area contributed by atoms with Gasteiger partial charge in [0.1, 0.15) is 0 Å². The Balaban J connectivity index is 1.40. The van der Waals surface area contributed by atoms with Crippen LogP contribution in [0.5, 0.6) is 0 Å². The van der Waals surface area contributed by atoms with E-state index in [4.69, 9.17) is 4.74 Å². The molecule has 6 heteroatoms. The number of hydrogen-bond acceptors (Lipinski definition) is 4. The molecular weight excluding hydrogens is 376 g/mol. The molecule has 0 saturated carbocycles. The van der Waals surface area contributed by atoms with Crippen LogP contribution in [0, 0.1) is 6.92 Å². The fraction of sp³-hybridized carbons (Fsp3) is 0.583. The molecule has 1 saturated heterocycles. The van der Waals surface area contributed by atoms with E-state index in [9.17, 15) is 4.79 Å². The maximum atomic E-state index is 13.5. The molecule has 1 amide bonds. The number of carbonyl (C=O) groups excluding carboxylic acids is 1. The van der Waals surface area contributed by atoms with Crippen molar-refractivity contribution in [1.82, 2.24) is 19.6 Å². The van der Waals surface area contributed by atoms with Crippen molar-refractivity contribution in [2.24, 2.45) is 0 Å². The van der Waals surface area contributed by atoms with E-state index in [1.807, 2.05) is 24.7 Å². The van der Waals surface area contributed by atoms with Gasteiger partial charge in [-0.25, -0.2) is 0 Å². The van der Waals surface area contributed by atoms with Gasteiger partial charge in [0.05, 0.1) is 11.3 Å². The Morgan fingerprint density at radius 1 is 1.23 bits per heavy atom. The first-order chi connectivity index (χ1) is 14.7. The molecule has 0 unspecified atom stereocenters. The normalized spacial score (nSPS) is 17.7. The van der Waals surface area contributed by atoms with Crippen LogP contribution >= 0.6 is 0 Å². The van der Waals surface area contributed by atoms with E-state index in [2.05, 4.69) is 39.2 Å². The van der Waals surface area contributed by atoms with Crippen LogP contribution in [0.1, 0.15) is 53.4 Å². The van der Waals surface area contributed by atoms with Crippen LogP contribution in [0.4, 0.5) is 0 Å². The van der Waals surface area contributed by atoms with Crippen molar-refractivity contribution in [3.63, 3.8) is 0 Å². The van der Waals surface area contributed by atoms with Gasteiger partial charge in [0.15, 0.2) is 0 Å². The van der Waals surface area contributed by atoms with Crippen molar-refractivity contribution >= 4 is 5.91 Å². The largest absolute Gasteiger partial charge is 0.381 e. The average Bonchev–Trinajstić information content (AvgIpc) is 3.17. The number of amides is 1. The van der Waals surface area contributed by atoms with E-state index < -0.39 is 0 Å². The maximum Gasteiger partial charge on any atom is 0.257 e. The van der Waals surface area contributed by atoms with E-state index in [1.54, 1.807) is 0 Å². The fourth-order valence-electron chi connectivity index (χ4n) is 4.70. The molecule has 1 aromatic heterocycles. The van der Waals surface area contributed by atoms with Gasteiger partial charge in [-0.1, -0.05) is 24.3 Å². The van der Waals surface area contributed by atoms with Crippen LogP contribution in [0.15, 0.2) is 30.5 Å². The summed E-state index contributed by atoms with van der Waals surface area (Å²) in [7, 11) is 0. The molecule has 0 bridgehead atoms. The Bertz CT molecular complexity index is 857. The van der Waals surface area contributed by atoms with Gasteiger partial charge in [0, 0.05) is 58.2 Å². The van der Waals surface area contributed by atoms with Crippen molar-refractivity contribution in [2.75, 3.05) is 32.8 Å². The van der Waals surface area contributed by atoms with Crippen molar-refractivity contribution in [3.05, 3.63) is 52.8 Å². The van der Waals surface area contributed by atoms with E-state index in [-0.39, 0.29) is 11.9 Å². The standard InChI is InChI=1S/C24H34N4O2/c1-3-27-18-23(19(2)25-27)24(29)28(22-10-15-30-16-11-22)13-6-12-26-14-9-20-7-4-5-8-21(20)17-26/h4-5,7-8,18,22H,3,6,9-17H2,1-2H3. The minimum absolute atomic E-state index is 0.128. The van der Waals surface area contributed by atoms with Crippen molar-refractivity contribution in [3.8, 4) is 0 Å². The lowest BCUT2D eigenvalue weighted by Gasteiger charge is -2.35. The van der Waals surface area contributed by atoms with Gasteiger partial charge in [-0.05, 0) is 50.7 Å². The predicted molar refractivity (Wildman–Crippen MR) is 118 cm³/mol. The van der Waals surface area contributed by atoms with E-state index in [1.165, 1.54) is 11.1 Å². The second-order valence-corrected chi connectivity index (χ2v) is 8.47. The molecule has 30 heavy (non-hydrogen) atoms. The summed E-state index contributed by atoms with van der Waals surface area (Å²) >= 11 is 0. The summed E-state index contributed by atoms with van der Waals surface area (Å²) in [5, 5.41) is 4.49. The van der Waals surface area contributed by atoms with Crippen molar-refractivity contribution < 1.29 is 9.53 Å². The zero-order valence-electron chi connectivity index (χ0n) is 18.3. The minimum Gasteiger partial charge on any atom is -0.381 e. The highest BCUT2D eigenvalue weighted by Crippen LogP contribution is 2.21. The molecule has 3 heterocycles. The third kappa shape index (κ3) is 4.76. The SMILES string of the molecule is CCn1cc(C(=O)N(CCCN2CCc3ccccc3C2)C2CCOCC2)c(C)n1. The Hall–Kier alpha value is -2.18. The average molecular weight is 411 g/mol. The number of fused-ring (bicyclic) bond motifs is 1. The van der Waals surface area contributed by atoms with Crippen LogP contribution in [-0.4, -0.2) is 64.4 Å².